The molecule has 0 amide bonds. The van der Waals surface area contributed by atoms with Crippen LogP contribution in [0.3, 0.4) is 0 Å². The fourth-order valence-corrected chi connectivity index (χ4v) is 3.10. The van der Waals surface area contributed by atoms with Gasteiger partial charge in [-0.1, -0.05) is 13.0 Å². The van der Waals surface area contributed by atoms with Crippen molar-refractivity contribution >= 4 is 11.0 Å². The van der Waals surface area contributed by atoms with Crippen molar-refractivity contribution in [2.45, 2.75) is 25.4 Å². The van der Waals surface area contributed by atoms with Crippen molar-refractivity contribution < 1.29 is 17.6 Å². The normalized spacial score (nSPS) is 24.2. The Labute approximate surface area is 115 Å². The van der Waals surface area contributed by atoms with E-state index in [0.29, 0.717) is 11.5 Å². The summed E-state index contributed by atoms with van der Waals surface area (Å²) in [7, 11) is 0. The molecule has 1 N–H and O–H groups in total. The summed E-state index contributed by atoms with van der Waals surface area (Å²) in [6.45, 7) is 3.88. The molecule has 0 bridgehead atoms. The molecule has 20 heavy (non-hydrogen) atoms. The highest BCUT2D eigenvalue weighted by Gasteiger charge is 2.35. The van der Waals surface area contributed by atoms with Crippen molar-refractivity contribution in [2.24, 2.45) is 5.92 Å². The molecule has 1 aromatic carbocycles. The Morgan fingerprint density at radius 3 is 2.75 bits per heavy atom. The van der Waals surface area contributed by atoms with E-state index in [2.05, 4.69) is 12.2 Å². The van der Waals surface area contributed by atoms with Crippen LogP contribution in [-0.2, 0) is 6.18 Å². The van der Waals surface area contributed by atoms with E-state index in [9.17, 15) is 13.2 Å². The van der Waals surface area contributed by atoms with E-state index in [0.717, 1.165) is 25.1 Å². The van der Waals surface area contributed by atoms with Gasteiger partial charge in [0.15, 0.2) is 0 Å². The van der Waals surface area contributed by atoms with Gasteiger partial charge in [-0.15, -0.1) is 0 Å². The third-order valence-electron chi connectivity index (χ3n) is 4.14. The molecule has 2 unspecified atom stereocenters. The van der Waals surface area contributed by atoms with Crippen LogP contribution in [0.25, 0.3) is 11.0 Å². The molecule has 0 radical (unpaired) electrons. The molecule has 0 aliphatic carbocycles. The van der Waals surface area contributed by atoms with Crippen LogP contribution in [0.5, 0.6) is 0 Å². The van der Waals surface area contributed by atoms with Crippen LogP contribution >= 0.6 is 0 Å². The molecule has 1 saturated heterocycles. The van der Waals surface area contributed by atoms with Gasteiger partial charge < -0.3 is 9.73 Å². The lowest BCUT2D eigenvalue weighted by Crippen LogP contribution is -2.33. The Morgan fingerprint density at radius 1 is 1.25 bits per heavy atom. The summed E-state index contributed by atoms with van der Waals surface area (Å²) in [5.74, 6) is 0.626. The van der Waals surface area contributed by atoms with Gasteiger partial charge in [0.1, 0.15) is 5.58 Å². The topological polar surface area (TPSA) is 25.2 Å². The predicted molar refractivity (Wildman–Crippen MR) is 70.6 cm³/mol. The number of alkyl halides is 3. The Hall–Kier alpha value is -1.49. The maximum atomic E-state index is 13.0. The largest absolute Gasteiger partial charge is 0.464 e. The van der Waals surface area contributed by atoms with Crippen molar-refractivity contribution in [1.29, 1.82) is 0 Å². The zero-order valence-electron chi connectivity index (χ0n) is 11.1. The lowest BCUT2D eigenvalue weighted by molar-refractivity contribution is -0.136. The van der Waals surface area contributed by atoms with Crippen molar-refractivity contribution in [3.63, 3.8) is 0 Å². The van der Waals surface area contributed by atoms with Gasteiger partial charge in [-0.2, -0.15) is 13.2 Å². The van der Waals surface area contributed by atoms with Crippen molar-refractivity contribution in [3.8, 4) is 0 Å². The Bertz CT molecular complexity index is 617. The molecule has 108 valence electrons. The van der Waals surface area contributed by atoms with Crippen LogP contribution in [0.2, 0.25) is 0 Å². The fourth-order valence-electron chi connectivity index (χ4n) is 3.10. The highest BCUT2D eigenvalue weighted by molar-refractivity contribution is 5.85. The van der Waals surface area contributed by atoms with Crippen molar-refractivity contribution in [1.82, 2.24) is 5.32 Å². The fraction of sp³-hybridized carbons (Fsp3) is 0.467. The number of hydrogen-bond donors (Lipinski definition) is 1. The Morgan fingerprint density at radius 2 is 2.05 bits per heavy atom. The summed E-state index contributed by atoms with van der Waals surface area (Å²) < 4.78 is 44.3. The molecule has 2 heterocycles. The zero-order valence-corrected chi connectivity index (χ0v) is 11.1. The summed E-state index contributed by atoms with van der Waals surface area (Å²) in [5.41, 5.74) is 0.664. The predicted octanol–water partition coefficient (Wildman–Crippen LogP) is 4.16. The lowest BCUT2D eigenvalue weighted by Gasteiger charge is -2.30. The second kappa shape index (κ2) is 4.81. The molecule has 2 aromatic rings. The Balaban J connectivity index is 2.12. The van der Waals surface area contributed by atoms with Gasteiger partial charge in [0, 0.05) is 5.39 Å². The second-order valence-corrected chi connectivity index (χ2v) is 5.44. The van der Waals surface area contributed by atoms with Gasteiger partial charge in [-0.05, 0) is 49.0 Å². The summed E-state index contributed by atoms with van der Waals surface area (Å²) >= 11 is 0. The third kappa shape index (κ3) is 2.20. The highest BCUT2D eigenvalue weighted by atomic mass is 19.4. The number of piperidine rings is 1. The van der Waals surface area contributed by atoms with Gasteiger partial charge in [0.2, 0.25) is 0 Å². The van der Waals surface area contributed by atoms with E-state index in [1.807, 2.05) is 0 Å². The zero-order chi connectivity index (χ0) is 14.3. The van der Waals surface area contributed by atoms with E-state index in [4.69, 9.17) is 4.42 Å². The lowest BCUT2D eigenvalue weighted by atomic mass is 9.81. The van der Waals surface area contributed by atoms with Gasteiger partial charge in [0.05, 0.1) is 11.8 Å². The van der Waals surface area contributed by atoms with Gasteiger partial charge in [-0.25, -0.2) is 0 Å². The molecule has 2 nitrogen and oxygen atoms in total. The number of fused-ring (bicyclic) bond motifs is 1. The molecule has 3 rings (SSSR count). The maximum absolute atomic E-state index is 13.0. The minimum absolute atomic E-state index is 0.167. The van der Waals surface area contributed by atoms with Crippen LogP contribution in [0, 0.1) is 5.92 Å². The quantitative estimate of drug-likeness (QED) is 0.850. The van der Waals surface area contributed by atoms with Crippen LogP contribution < -0.4 is 5.32 Å². The van der Waals surface area contributed by atoms with Gasteiger partial charge >= 0.3 is 6.18 Å². The SMILES string of the molecule is CC1CNCCC1c1ccc(C(F)(F)F)c2ccoc12. The van der Waals surface area contributed by atoms with Crippen LogP contribution in [0.1, 0.15) is 30.4 Å². The molecule has 5 heteroatoms. The first-order chi connectivity index (χ1) is 9.48. The number of rotatable bonds is 1. The molecule has 2 atom stereocenters. The molecular weight excluding hydrogens is 267 g/mol. The highest BCUT2D eigenvalue weighted by Crippen LogP contribution is 2.40. The summed E-state index contributed by atoms with van der Waals surface area (Å²) in [4.78, 5) is 0. The number of hydrogen-bond acceptors (Lipinski definition) is 2. The van der Waals surface area contributed by atoms with Crippen LogP contribution in [0.4, 0.5) is 13.2 Å². The first-order valence-electron chi connectivity index (χ1n) is 6.76. The van der Waals surface area contributed by atoms with E-state index >= 15 is 0 Å². The second-order valence-electron chi connectivity index (χ2n) is 5.44. The van der Waals surface area contributed by atoms with Crippen LogP contribution in [0.15, 0.2) is 28.9 Å². The monoisotopic (exact) mass is 283 g/mol. The smallest absolute Gasteiger partial charge is 0.417 e. The van der Waals surface area contributed by atoms with Crippen LogP contribution in [-0.4, -0.2) is 13.1 Å². The molecule has 1 aromatic heterocycles. The van der Waals surface area contributed by atoms with Gasteiger partial charge in [0.25, 0.3) is 0 Å². The van der Waals surface area contributed by atoms with Crippen molar-refractivity contribution in [3.05, 3.63) is 35.6 Å². The first-order valence-corrected chi connectivity index (χ1v) is 6.76. The van der Waals surface area contributed by atoms with E-state index in [1.165, 1.54) is 18.4 Å². The molecule has 1 fully saturated rings. The summed E-state index contributed by atoms with van der Waals surface area (Å²) in [5, 5.41) is 3.47. The number of benzene rings is 1. The number of nitrogens with one attached hydrogen (secondary N) is 1. The van der Waals surface area contributed by atoms with E-state index in [-0.39, 0.29) is 11.3 Å². The molecule has 1 aliphatic heterocycles. The number of halogens is 3. The Kier molecular flexibility index (Phi) is 3.24. The average molecular weight is 283 g/mol. The molecule has 0 saturated carbocycles. The van der Waals surface area contributed by atoms with E-state index in [1.54, 1.807) is 6.07 Å². The maximum Gasteiger partial charge on any atom is 0.417 e. The first kappa shape index (κ1) is 13.5. The molecular formula is C15H16F3NO. The van der Waals surface area contributed by atoms with Crippen molar-refractivity contribution in [2.75, 3.05) is 13.1 Å². The number of furan rings is 1. The average Bonchev–Trinajstić information content (AvgIpc) is 2.86. The minimum atomic E-state index is -4.35. The molecule has 1 aliphatic rings. The summed E-state index contributed by atoms with van der Waals surface area (Å²) in [6.07, 6.45) is -2.09. The summed E-state index contributed by atoms with van der Waals surface area (Å²) in [6, 6.07) is 4.18. The van der Waals surface area contributed by atoms with E-state index < -0.39 is 11.7 Å². The standard InChI is InChI=1S/C15H16F3NO/c1-9-8-19-6-4-10(9)11-2-3-13(15(16,17)18)12-5-7-20-14(11)12/h2-3,5,7,9-10,19H,4,6,8H2,1H3. The molecule has 0 spiro atoms. The third-order valence-corrected chi connectivity index (χ3v) is 4.14. The minimum Gasteiger partial charge on any atom is -0.464 e. The van der Waals surface area contributed by atoms with Gasteiger partial charge in [-0.3, -0.25) is 0 Å².